The summed E-state index contributed by atoms with van der Waals surface area (Å²) in [6.45, 7) is 0.154. The number of nitrogen functional groups attached to an aromatic ring is 1. The van der Waals surface area contributed by atoms with Crippen LogP contribution in [0.15, 0.2) is 23.2 Å². The maximum atomic E-state index is 11.9. The Morgan fingerprint density at radius 3 is 2.88 bits per heavy atom. The lowest BCUT2D eigenvalue weighted by Gasteiger charge is -2.15. The number of anilines is 1. The number of pyridine rings is 1. The van der Waals surface area contributed by atoms with Gasteiger partial charge in [-0.1, -0.05) is 0 Å². The molecule has 1 heterocycles. The van der Waals surface area contributed by atoms with Crippen molar-refractivity contribution in [3.05, 3.63) is 18.3 Å². The highest BCUT2D eigenvalue weighted by Gasteiger charge is 2.20. The normalized spacial score (nSPS) is 11.3. The van der Waals surface area contributed by atoms with Crippen LogP contribution in [0.1, 0.15) is 6.42 Å². The summed E-state index contributed by atoms with van der Waals surface area (Å²) >= 11 is 0. The molecule has 0 radical (unpaired) electrons. The fraction of sp³-hybridized carbons (Fsp3) is 0.333. The van der Waals surface area contributed by atoms with Crippen molar-refractivity contribution in [2.45, 2.75) is 11.3 Å². The van der Waals surface area contributed by atoms with Crippen molar-refractivity contribution in [2.75, 3.05) is 19.3 Å². The van der Waals surface area contributed by atoms with Crippen LogP contribution in [0, 0.1) is 11.3 Å². The van der Waals surface area contributed by atoms with Crippen LogP contribution in [0.25, 0.3) is 0 Å². The molecule has 86 valence electrons. The first-order valence-electron chi connectivity index (χ1n) is 4.53. The molecule has 2 N–H and O–H groups in total. The van der Waals surface area contributed by atoms with E-state index in [-0.39, 0.29) is 23.7 Å². The van der Waals surface area contributed by atoms with Gasteiger partial charge in [0.15, 0.2) is 0 Å². The van der Waals surface area contributed by atoms with E-state index in [4.69, 9.17) is 11.0 Å². The molecule has 1 aromatic rings. The van der Waals surface area contributed by atoms with Crippen molar-refractivity contribution in [2.24, 2.45) is 0 Å². The Labute approximate surface area is 94.4 Å². The molecule has 0 saturated carbocycles. The first kappa shape index (κ1) is 12.4. The molecule has 0 aromatic carbocycles. The highest BCUT2D eigenvalue weighted by atomic mass is 32.2. The van der Waals surface area contributed by atoms with Crippen molar-refractivity contribution in [3.63, 3.8) is 0 Å². The van der Waals surface area contributed by atoms with Crippen LogP contribution in [-0.4, -0.2) is 31.3 Å². The van der Waals surface area contributed by atoms with E-state index in [0.717, 1.165) is 4.31 Å². The topological polar surface area (TPSA) is 100 Å². The largest absolute Gasteiger partial charge is 0.384 e. The number of rotatable bonds is 4. The summed E-state index contributed by atoms with van der Waals surface area (Å²) < 4.78 is 25.0. The molecule has 7 heteroatoms. The minimum absolute atomic E-state index is 0.0837. The van der Waals surface area contributed by atoms with Gasteiger partial charge in [-0.25, -0.2) is 13.4 Å². The van der Waals surface area contributed by atoms with Gasteiger partial charge in [0.1, 0.15) is 5.82 Å². The molecular formula is C9H12N4O2S. The van der Waals surface area contributed by atoms with E-state index >= 15 is 0 Å². The van der Waals surface area contributed by atoms with Crippen molar-refractivity contribution >= 4 is 15.8 Å². The van der Waals surface area contributed by atoms with Crippen molar-refractivity contribution in [1.82, 2.24) is 9.29 Å². The molecule has 0 fully saturated rings. The summed E-state index contributed by atoms with van der Waals surface area (Å²) in [5, 5.41) is 8.39. The van der Waals surface area contributed by atoms with Gasteiger partial charge in [-0.15, -0.1) is 0 Å². The van der Waals surface area contributed by atoms with Crippen molar-refractivity contribution < 1.29 is 8.42 Å². The van der Waals surface area contributed by atoms with Gasteiger partial charge in [-0.2, -0.15) is 9.57 Å². The Balaban J connectivity index is 2.98. The average molecular weight is 240 g/mol. The zero-order valence-electron chi connectivity index (χ0n) is 8.79. The lowest BCUT2D eigenvalue weighted by Crippen LogP contribution is -2.27. The number of nitrogens with zero attached hydrogens (tertiary/aromatic N) is 3. The highest BCUT2D eigenvalue weighted by molar-refractivity contribution is 7.89. The zero-order valence-corrected chi connectivity index (χ0v) is 9.61. The monoisotopic (exact) mass is 240 g/mol. The second kappa shape index (κ2) is 4.92. The van der Waals surface area contributed by atoms with E-state index in [1.807, 2.05) is 6.07 Å². The molecule has 1 aromatic heterocycles. The first-order chi connectivity index (χ1) is 7.48. The summed E-state index contributed by atoms with van der Waals surface area (Å²) in [6, 6.07) is 4.55. The van der Waals surface area contributed by atoms with Crippen molar-refractivity contribution in [3.8, 4) is 6.07 Å². The molecule has 0 aliphatic rings. The Kier molecular flexibility index (Phi) is 3.82. The molecule has 0 bridgehead atoms. The van der Waals surface area contributed by atoms with Gasteiger partial charge in [-0.3, -0.25) is 0 Å². The Hall–Kier alpha value is -1.65. The van der Waals surface area contributed by atoms with E-state index < -0.39 is 10.0 Å². The van der Waals surface area contributed by atoms with Crippen LogP contribution < -0.4 is 5.73 Å². The molecule has 0 spiro atoms. The molecule has 1 rings (SSSR count). The van der Waals surface area contributed by atoms with E-state index in [2.05, 4.69) is 4.98 Å². The summed E-state index contributed by atoms with van der Waals surface area (Å²) in [5.41, 5.74) is 5.41. The summed E-state index contributed by atoms with van der Waals surface area (Å²) in [4.78, 5) is 3.80. The number of nitrogens with two attached hydrogens (primary N) is 1. The molecule has 0 amide bonds. The van der Waals surface area contributed by atoms with Crippen LogP contribution in [0.5, 0.6) is 0 Å². The number of aromatic nitrogens is 1. The molecule has 6 nitrogen and oxygen atoms in total. The zero-order chi connectivity index (χ0) is 12.2. The SMILES string of the molecule is CN(CCC#N)S(=O)(=O)c1ccnc(N)c1. The summed E-state index contributed by atoms with van der Waals surface area (Å²) in [5.74, 6) is 0.148. The Morgan fingerprint density at radius 2 is 2.31 bits per heavy atom. The molecule has 0 aliphatic heterocycles. The van der Waals surface area contributed by atoms with Crippen LogP contribution in [-0.2, 0) is 10.0 Å². The van der Waals surface area contributed by atoms with Crippen molar-refractivity contribution in [1.29, 1.82) is 5.26 Å². The van der Waals surface area contributed by atoms with E-state index in [9.17, 15) is 8.42 Å². The maximum Gasteiger partial charge on any atom is 0.243 e. The Morgan fingerprint density at radius 1 is 1.62 bits per heavy atom. The molecule has 16 heavy (non-hydrogen) atoms. The fourth-order valence-electron chi connectivity index (χ4n) is 1.10. The standard InChI is InChI=1S/C9H12N4O2S/c1-13(6-2-4-10)16(14,15)8-3-5-12-9(11)7-8/h3,5,7H,2,6H2,1H3,(H2,11,12). The fourth-order valence-corrected chi connectivity index (χ4v) is 2.29. The summed E-state index contributed by atoms with van der Waals surface area (Å²) in [7, 11) is -2.15. The lowest BCUT2D eigenvalue weighted by atomic mass is 10.5. The predicted molar refractivity (Wildman–Crippen MR) is 58.7 cm³/mol. The van der Waals surface area contributed by atoms with E-state index in [1.54, 1.807) is 0 Å². The highest BCUT2D eigenvalue weighted by Crippen LogP contribution is 2.15. The van der Waals surface area contributed by atoms with E-state index in [0.29, 0.717) is 0 Å². The van der Waals surface area contributed by atoms with Crippen LogP contribution in [0.4, 0.5) is 5.82 Å². The third-order valence-corrected chi connectivity index (χ3v) is 3.85. The van der Waals surface area contributed by atoms with Gasteiger partial charge in [0.25, 0.3) is 0 Å². The lowest BCUT2D eigenvalue weighted by molar-refractivity contribution is 0.476. The van der Waals surface area contributed by atoms with Gasteiger partial charge < -0.3 is 5.73 Å². The summed E-state index contributed by atoms with van der Waals surface area (Å²) in [6.07, 6.45) is 1.48. The molecule has 0 atom stereocenters. The van der Waals surface area contributed by atoms with Crippen LogP contribution in [0.2, 0.25) is 0 Å². The second-order valence-electron chi connectivity index (χ2n) is 3.15. The smallest absolute Gasteiger partial charge is 0.243 e. The van der Waals surface area contributed by atoms with Crippen LogP contribution in [0.3, 0.4) is 0 Å². The van der Waals surface area contributed by atoms with Gasteiger partial charge >= 0.3 is 0 Å². The van der Waals surface area contributed by atoms with Crippen LogP contribution >= 0.6 is 0 Å². The quantitative estimate of drug-likeness (QED) is 0.810. The molecule has 0 unspecified atom stereocenters. The number of hydrogen-bond donors (Lipinski definition) is 1. The third-order valence-electron chi connectivity index (χ3n) is 2.00. The third kappa shape index (κ3) is 2.68. The maximum absolute atomic E-state index is 11.9. The van der Waals surface area contributed by atoms with E-state index in [1.165, 1.54) is 25.4 Å². The van der Waals surface area contributed by atoms with Gasteiger partial charge in [-0.05, 0) is 6.07 Å². The van der Waals surface area contributed by atoms with Gasteiger partial charge in [0.2, 0.25) is 10.0 Å². The molecular weight excluding hydrogens is 228 g/mol. The van der Waals surface area contributed by atoms with Gasteiger partial charge in [0.05, 0.1) is 11.0 Å². The molecule has 0 saturated heterocycles. The van der Waals surface area contributed by atoms with Gasteiger partial charge in [0, 0.05) is 32.3 Å². The number of nitriles is 1. The number of hydrogen-bond acceptors (Lipinski definition) is 5. The number of sulfonamides is 1. The minimum Gasteiger partial charge on any atom is -0.384 e. The minimum atomic E-state index is -3.57. The average Bonchev–Trinajstić information content (AvgIpc) is 2.25. The molecule has 0 aliphatic carbocycles. The Bertz CT molecular complexity index is 506. The first-order valence-corrected chi connectivity index (χ1v) is 5.97. The predicted octanol–water partition coefficient (Wildman–Crippen LogP) is 0.198. The second-order valence-corrected chi connectivity index (χ2v) is 5.20.